The average Bonchev–Trinajstić information content (AvgIpc) is 2.18. The topological polar surface area (TPSA) is 56.0 Å². The molecule has 0 aliphatic carbocycles. The van der Waals surface area contributed by atoms with Crippen LogP contribution in [0.4, 0.5) is 5.69 Å². The lowest BCUT2D eigenvalue weighted by Crippen LogP contribution is -1.91. The minimum Gasteiger partial charge on any atom is -0.258 e. The van der Waals surface area contributed by atoms with E-state index in [-0.39, 0.29) is 20.6 Å². The van der Waals surface area contributed by atoms with Crippen LogP contribution in [-0.2, 0) is 0 Å². The Morgan fingerprint density at radius 1 is 1.33 bits per heavy atom. The summed E-state index contributed by atoms with van der Waals surface area (Å²) in [5.74, 6) is 0. The van der Waals surface area contributed by atoms with Gasteiger partial charge in [-0.1, -0.05) is 29.8 Å². The second kappa shape index (κ2) is 4.51. The third kappa shape index (κ3) is 2.06. The third-order valence-electron chi connectivity index (χ3n) is 1.89. The summed E-state index contributed by atoms with van der Waals surface area (Å²) in [6.45, 7) is 0. The highest BCUT2D eigenvalue weighted by Gasteiger charge is 2.15. The van der Waals surface area contributed by atoms with Gasteiger partial charge in [0.15, 0.2) is 0 Å². The maximum absolute atomic E-state index is 10.5. The number of hydrogen-bond donors (Lipinski definition) is 0. The lowest BCUT2D eigenvalue weighted by molar-refractivity contribution is -0.384. The van der Waals surface area contributed by atoms with Crippen LogP contribution in [0.2, 0.25) is 5.02 Å². The lowest BCUT2D eigenvalue weighted by Gasteiger charge is -1.99. The van der Waals surface area contributed by atoms with E-state index < -0.39 is 4.92 Å². The normalized spacial score (nSPS) is 9.67. The number of halogens is 1. The lowest BCUT2D eigenvalue weighted by atomic mass is 10.2. The van der Waals surface area contributed by atoms with Gasteiger partial charge in [0, 0.05) is 5.39 Å². The number of fused-ring (bicyclic) bond motifs is 1. The van der Waals surface area contributed by atoms with E-state index in [0.717, 1.165) is 0 Å². The highest BCUT2D eigenvalue weighted by Crippen LogP contribution is 2.30. The summed E-state index contributed by atoms with van der Waals surface area (Å²) in [6.07, 6.45) is 1.17. The number of pyridine rings is 1. The van der Waals surface area contributed by atoms with E-state index in [0.29, 0.717) is 10.9 Å². The van der Waals surface area contributed by atoms with Crippen molar-refractivity contribution >= 4 is 38.1 Å². The van der Waals surface area contributed by atoms with Gasteiger partial charge in [-0.3, -0.25) is 10.1 Å². The minimum atomic E-state index is -0.540. The zero-order valence-electron chi connectivity index (χ0n) is 7.68. The average molecular weight is 243 g/mol. The summed E-state index contributed by atoms with van der Waals surface area (Å²) in [4.78, 5) is 13.9. The van der Waals surface area contributed by atoms with Crippen molar-refractivity contribution in [2.24, 2.45) is 0 Å². The van der Waals surface area contributed by atoms with Gasteiger partial charge in [0.2, 0.25) is 0 Å². The molecule has 0 aliphatic rings. The first-order valence-electron chi connectivity index (χ1n) is 3.88. The van der Waals surface area contributed by atoms with Crippen LogP contribution in [0.25, 0.3) is 10.9 Å². The monoisotopic (exact) mass is 242 g/mol. The molecule has 1 unspecified atom stereocenters. The smallest absolute Gasteiger partial charge is 0.258 e. The first-order valence-corrected chi connectivity index (χ1v) is 4.25. The quantitative estimate of drug-likeness (QED) is 0.439. The number of nitrogens with zero attached hydrogens (tertiary/aromatic N) is 2. The fourth-order valence-corrected chi connectivity index (χ4v) is 1.50. The molecule has 0 bridgehead atoms. The highest BCUT2D eigenvalue weighted by molar-refractivity contribution is 6.92. The summed E-state index contributed by atoms with van der Waals surface area (Å²) >= 11 is 5.85. The van der Waals surface area contributed by atoms with Gasteiger partial charge in [-0.15, -0.1) is 0 Å². The number of para-hydroxylation sites is 1. The third-order valence-corrected chi connectivity index (χ3v) is 2.29. The molecule has 2 aromatic rings. The van der Waals surface area contributed by atoms with Crippen LogP contribution in [0.1, 0.15) is 0 Å². The maximum atomic E-state index is 10.5. The summed E-state index contributed by atoms with van der Waals surface area (Å²) < 4.78 is 0. The zero-order chi connectivity index (χ0) is 10.1. The molecule has 1 aromatic heterocycles. The van der Waals surface area contributed by atoms with E-state index in [1.54, 1.807) is 24.3 Å². The van der Waals surface area contributed by atoms with Crippen LogP contribution in [0.15, 0.2) is 30.5 Å². The van der Waals surface area contributed by atoms with Crippen LogP contribution in [0, 0.1) is 10.1 Å². The Morgan fingerprint density at radius 2 is 2.00 bits per heavy atom. The highest BCUT2D eigenvalue weighted by atomic mass is 35.5. The predicted octanol–water partition coefficient (Wildman–Crippen LogP) is 2.85. The maximum Gasteiger partial charge on any atom is 0.306 e. The van der Waals surface area contributed by atoms with Crippen molar-refractivity contribution in [3.05, 3.63) is 45.6 Å². The van der Waals surface area contributed by atoms with Crippen molar-refractivity contribution in [1.29, 1.82) is 0 Å². The van der Waals surface area contributed by atoms with Crippen molar-refractivity contribution in [2.45, 2.75) is 0 Å². The number of benzene rings is 1. The van der Waals surface area contributed by atoms with Crippen LogP contribution >= 0.6 is 21.5 Å². The summed E-state index contributed by atoms with van der Waals surface area (Å²) in [5.41, 5.74) is 0.494. The van der Waals surface area contributed by atoms with Crippen molar-refractivity contribution in [3.63, 3.8) is 0 Å². The predicted molar refractivity (Wildman–Crippen MR) is 64.5 cm³/mol. The van der Waals surface area contributed by atoms with E-state index in [1.807, 2.05) is 0 Å². The van der Waals surface area contributed by atoms with Gasteiger partial charge in [0.25, 0.3) is 0 Å². The van der Waals surface area contributed by atoms with E-state index in [9.17, 15) is 10.1 Å². The van der Waals surface area contributed by atoms with Gasteiger partial charge < -0.3 is 0 Å². The van der Waals surface area contributed by atoms with Gasteiger partial charge in [-0.05, 0) is 6.07 Å². The molecule has 0 N–H and O–H groups in total. The molecular weight excluding hydrogens is 235 g/mol. The molecule has 15 heavy (non-hydrogen) atoms. The van der Waals surface area contributed by atoms with Gasteiger partial charge in [0.1, 0.15) is 11.2 Å². The van der Waals surface area contributed by atoms with Crippen molar-refractivity contribution < 1.29 is 4.92 Å². The number of rotatable bonds is 1. The molecule has 0 amide bonds. The van der Waals surface area contributed by atoms with Crippen LogP contribution < -0.4 is 0 Å². The van der Waals surface area contributed by atoms with Crippen LogP contribution in [0.5, 0.6) is 0 Å². The van der Waals surface area contributed by atoms with Crippen LogP contribution in [0.3, 0.4) is 0 Å². The standard InChI is InChI=1S/C9H5ClN2O2.H3P/c10-9-6-3-1-2-4-7(6)11-5-8(9)12(13)14;/h1-5H;1H3. The number of aromatic nitrogens is 1. The van der Waals surface area contributed by atoms with E-state index in [4.69, 9.17) is 11.6 Å². The van der Waals surface area contributed by atoms with Crippen molar-refractivity contribution in [2.75, 3.05) is 0 Å². The summed E-state index contributed by atoms with van der Waals surface area (Å²) in [7, 11) is 0. The summed E-state index contributed by atoms with van der Waals surface area (Å²) in [6, 6.07) is 7.03. The molecule has 1 heterocycles. The first kappa shape index (κ1) is 11.8. The fraction of sp³-hybridized carbons (Fsp3) is 0. The Kier molecular flexibility index (Phi) is 3.56. The number of hydrogen-bond acceptors (Lipinski definition) is 3. The van der Waals surface area contributed by atoms with Gasteiger partial charge in [-0.25, -0.2) is 4.98 Å². The second-order valence-electron chi connectivity index (χ2n) is 2.73. The molecule has 0 saturated carbocycles. The fourth-order valence-electron chi connectivity index (χ4n) is 1.22. The van der Waals surface area contributed by atoms with Gasteiger partial charge >= 0.3 is 5.69 Å². The van der Waals surface area contributed by atoms with E-state index >= 15 is 0 Å². The van der Waals surface area contributed by atoms with E-state index in [2.05, 4.69) is 4.98 Å². The Hall–Kier alpha value is -1.25. The Morgan fingerprint density at radius 3 is 2.67 bits per heavy atom. The first-order chi connectivity index (χ1) is 6.70. The van der Waals surface area contributed by atoms with Crippen LogP contribution in [-0.4, -0.2) is 9.91 Å². The molecule has 1 aromatic carbocycles. The zero-order valence-corrected chi connectivity index (χ0v) is 9.85. The molecule has 0 spiro atoms. The van der Waals surface area contributed by atoms with Crippen molar-refractivity contribution in [1.82, 2.24) is 4.98 Å². The molecular formula is C9H8ClN2O2P. The molecule has 78 valence electrons. The second-order valence-corrected chi connectivity index (χ2v) is 3.11. The Labute approximate surface area is 94.0 Å². The molecule has 4 nitrogen and oxygen atoms in total. The molecule has 0 radical (unpaired) electrons. The number of nitro groups is 1. The SMILES string of the molecule is O=[N+]([O-])c1cnc2ccccc2c1Cl.P. The van der Waals surface area contributed by atoms with Crippen molar-refractivity contribution in [3.8, 4) is 0 Å². The Bertz CT molecular complexity index is 518. The molecule has 0 aliphatic heterocycles. The summed E-state index contributed by atoms with van der Waals surface area (Å²) in [5, 5.41) is 11.3. The Balaban J connectivity index is 0.00000112. The van der Waals surface area contributed by atoms with Gasteiger partial charge in [-0.2, -0.15) is 9.90 Å². The molecule has 1 atom stereocenters. The molecule has 2 rings (SSSR count). The molecule has 0 fully saturated rings. The largest absolute Gasteiger partial charge is 0.306 e. The minimum absolute atomic E-state index is 0. The molecule has 0 saturated heterocycles. The van der Waals surface area contributed by atoms with Gasteiger partial charge in [0.05, 0.1) is 10.4 Å². The molecule has 6 heteroatoms. The van der Waals surface area contributed by atoms with E-state index in [1.165, 1.54) is 6.20 Å².